The molecule has 6 heteroatoms. The maximum atomic E-state index is 8.02. The molecule has 0 fully saturated rings. The van der Waals surface area contributed by atoms with Gasteiger partial charge in [0, 0.05) is 38.6 Å². The summed E-state index contributed by atoms with van der Waals surface area (Å²) in [6, 6.07) is 80.1. The number of hydrogen-bond acceptors (Lipinski definition) is 3. The number of hydrogen-bond donors (Lipinski definition) is 0. The first-order valence-electron chi connectivity index (χ1n) is 35.3. The molecule has 2 unspecified atom stereocenters. The third kappa shape index (κ3) is 9.92. The van der Waals surface area contributed by atoms with Crippen LogP contribution in [0.1, 0.15) is 169 Å². The Balaban J connectivity index is 1.03. The van der Waals surface area contributed by atoms with Crippen LogP contribution < -0.4 is 47.2 Å². The Morgan fingerprint density at radius 3 is 1.20 bits per heavy atom. The van der Waals surface area contributed by atoms with E-state index in [4.69, 9.17) is 9.47 Å². The van der Waals surface area contributed by atoms with Crippen molar-refractivity contribution in [2.24, 2.45) is 0 Å². The Hall–Kier alpha value is -9.25. The summed E-state index contributed by atoms with van der Waals surface area (Å²) in [6.07, 6.45) is 2.05. The van der Waals surface area contributed by atoms with Crippen molar-refractivity contribution in [1.82, 2.24) is 4.57 Å². The number of benzene rings is 11. The maximum Gasteiger partial charge on any atom is 0.256 e. The Labute approximate surface area is 570 Å². The largest absolute Gasteiger partial charge is 0.456 e. The third-order valence-corrected chi connectivity index (χ3v) is 22.2. The van der Waals surface area contributed by atoms with Crippen LogP contribution in [0.5, 0.6) is 23.0 Å². The molecule has 16 rings (SSSR count). The van der Waals surface area contributed by atoms with Gasteiger partial charge in [-0.3, -0.25) is 0 Å². The molecular weight excluding hydrogens is 1160 g/mol. The molecular formula is C90H88B2N2O2. The molecule has 0 aliphatic carbocycles. The molecule has 11 aromatic carbocycles. The molecule has 0 N–H and O–H groups in total. The summed E-state index contributed by atoms with van der Waals surface area (Å²) < 4.78 is 18.7. The number of ether oxygens (including phenoxy) is 2. The van der Waals surface area contributed by atoms with E-state index in [1.807, 2.05) is 0 Å². The van der Waals surface area contributed by atoms with Gasteiger partial charge in [0.25, 0.3) is 13.4 Å². The first kappa shape index (κ1) is 61.6. The number of nitrogens with zero attached hydrogens (tertiary/aromatic N) is 2. The molecule has 12 aromatic rings. The quantitative estimate of drug-likeness (QED) is 0.135. The zero-order valence-corrected chi connectivity index (χ0v) is 59.1. The van der Waals surface area contributed by atoms with E-state index >= 15 is 0 Å². The van der Waals surface area contributed by atoms with Crippen LogP contribution in [0.3, 0.4) is 0 Å². The van der Waals surface area contributed by atoms with Crippen molar-refractivity contribution in [1.29, 1.82) is 0 Å². The Bertz CT molecular complexity index is 5120. The average Bonchev–Trinajstić information content (AvgIpc) is 1.16. The summed E-state index contributed by atoms with van der Waals surface area (Å²) in [7, 11) is 0. The molecule has 476 valence electrons. The second-order valence-electron chi connectivity index (χ2n) is 32.5. The van der Waals surface area contributed by atoms with E-state index < -0.39 is 0 Å². The Morgan fingerprint density at radius 2 is 0.729 bits per heavy atom. The topological polar surface area (TPSA) is 26.6 Å². The monoisotopic (exact) mass is 1250 g/mol. The van der Waals surface area contributed by atoms with Gasteiger partial charge in [-0.05, 0) is 195 Å². The highest BCUT2D eigenvalue weighted by Gasteiger charge is 2.52. The van der Waals surface area contributed by atoms with Crippen molar-refractivity contribution in [3.63, 3.8) is 0 Å². The molecule has 2 atom stereocenters. The number of fused-ring (bicyclic) bond motifs is 13. The summed E-state index contributed by atoms with van der Waals surface area (Å²) in [5.74, 6) is 4.22. The molecule has 0 spiro atoms. The molecule has 0 saturated carbocycles. The minimum absolute atomic E-state index is 0.00927. The van der Waals surface area contributed by atoms with Crippen molar-refractivity contribution in [2.45, 2.75) is 157 Å². The molecule has 0 radical (unpaired) electrons. The van der Waals surface area contributed by atoms with Gasteiger partial charge in [0.05, 0.1) is 16.9 Å². The fourth-order valence-electron chi connectivity index (χ4n) is 15.9. The van der Waals surface area contributed by atoms with E-state index in [-0.39, 0.29) is 35.1 Å². The van der Waals surface area contributed by atoms with Crippen LogP contribution in [0.2, 0.25) is 0 Å². The predicted octanol–water partition coefficient (Wildman–Crippen LogP) is 21.0. The molecule has 0 saturated heterocycles. The van der Waals surface area contributed by atoms with E-state index in [1.54, 1.807) is 0 Å². The standard InChI is InChI=1S/C90H88B2N2O2/c1-17-53(3)60-31-45-78-73(49-60)91-72-51-63(58-23-37-67(38-24-58)89(11,12)13)30-44-77(72)93(69-41-27-56(28-42-69)55-19-33-65(34-20-55)87(5,6)7)83-80(91)86(96-78)84-81-85(83)95-79-46-32-61(54(4)18-2)50-74(79)92(81)75-52-64(59-25-39-68(40-26-59)90(14,15)16)48-71-70-47-62(29-43-76(70)94(84)82(71)75)57-21-35-66(36-22-57)88(8,9)10/h19-54H,17-18H2,1-16H3. The van der Waals surface area contributed by atoms with Crippen LogP contribution in [0.15, 0.2) is 206 Å². The van der Waals surface area contributed by atoms with Crippen LogP contribution in [0, 0.1) is 0 Å². The van der Waals surface area contributed by atoms with Crippen LogP contribution in [-0.2, 0) is 21.7 Å². The van der Waals surface area contributed by atoms with Gasteiger partial charge >= 0.3 is 0 Å². The minimum atomic E-state index is -0.238. The fraction of sp³-hybridized carbons (Fsp3) is 0.267. The lowest BCUT2D eigenvalue weighted by Gasteiger charge is -2.45. The molecule has 0 bridgehead atoms. The van der Waals surface area contributed by atoms with Crippen LogP contribution in [0.25, 0.3) is 72.0 Å². The molecule has 96 heavy (non-hydrogen) atoms. The highest BCUT2D eigenvalue weighted by Crippen LogP contribution is 2.53. The highest BCUT2D eigenvalue weighted by atomic mass is 16.5. The van der Waals surface area contributed by atoms with Crippen molar-refractivity contribution in [2.75, 3.05) is 4.90 Å². The van der Waals surface area contributed by atoms with Gasteiger partial charge in [0.1, 0.15) is 23.0 Å². The summed E-state index contributed by atoms with van der Waals surface area (Å²) >= 11 is 0. The maximum absolute atomic E-state index is 8.02. The van der Waals surface area contributed by atoms with Gasteiger partial charge in [-0.15, -0.1) is 0 Å². The van der Waals surface area contributed by atoms with Crippen LogP contribution in [0.4, 0.5) is 17.1 Å². The molecule has 1 aromatic heterocycles. The summed E-state index contributed by atoms with van der Waals surface area (Å²) in [4.78, 5) is 2.55. The lowest BCUT2D eigenvalue weighted by molar-refractivity contribution is 0.474. The van der Waals surface area contributed by atoms with E-state index in [1.165, 1.54) is 116 Å². The Kier molecular flexibility index (Phi) is 14.2. The highest BCUT2D eigenvalue weighted by molar-refractivity contribution is 7.02. The zero-order chi connectivity index (χ0) is 66.8. The molecule has 5 heterocycles. The first-order chi connectivity index (χ1) is 45.8. The molecule has 4 aliphatic heterocycles. The lowest BCUT2D eigenvalue weighted by Crippen LogP contribution is -2.63. The zero-order valence-electron chi connectivity index (χ0n) is 59.1. The van der Waals surface area contributed by atoms with E-state index in [2.05, 4.69) is 327 Å². The van der Waals surface area contributed by atoms with Crippen molar-refractivity contribution in [3.05, 3.63) is 240 Å². The van der Waals surface area contributed by atoms with Crippen LogP contribution >= 0.6 is 0 Å². The van der Waals surface area contributed by atoms with Gasteiger partial charge < -0.3 is 18.9 Å². The number of aromatic nitrogens is 1. The predicted molar refractivity (Wildman–Crippen MR) is 412 cm³/mol. The third-order valence-electron chi connectivity index (χ3n) is 22.2. The van der Waals surface area contributed by atoms with Gasteiger partial charge in [-0.25, -0.2) is 0 Å². The van der Waals surface area contributed by atoms with Crippen molar-refractivity contribution in [3.8, 4) is 73.2 Å². The van der Waals surface area contributed by atoms with Crippen LogP contribution in [-0.4, -0.2) is 18.0 Å². The first-order valence-corrected chi connectivity index (χ1v) is 35.3. The molecule has 4 aliphatic rings. The second-order valence-corrected chi connectivity index (χ2v) is 32.5. The van der Waals surface area contributed by atoms with Gasteiger partial charge in [0.15, 0.2) is 0 Å². The second kappa shape index (κ2) is 22.2. The summed E-state index contributed by atoms with van der Waals surface area (Å²) in [5.41, 5.74) is 31.3. The van der Waals surface area contributed by atoms with E-state index in [0.717, 1.165) is 75.0 Å². The smallest absolute Gasteiger partial charge is 0.256 e. The van der Waals surface area contributed by atoms with E-state index in [9.17, 15) is 0 Å². The fourth-order valence-corrected chi connectivity index (χ4v) is 15.9. The van der Waals surface area contributed by atoms with E-state index in [0.29, 0.717) is 11.8 Å². The Morgan fingerprint density at radius 1 is 0.354 bits per heavy atom. The summed E-state index contributed by atoms with van der Waals surface area (Å²) in [6.45, 7) is 36.4. The number of rotatable bonds is 9. The normalized spacial score (nSPS) is 14.4. The van der Waals surface area contributed by atoms with Gasteiger partial charge in [0.2, 0.25) is 0 Å². The molecule has 0 amide bonds. The van der Waals surface area contributed by atoms with Crippen molar-refractivity contribution < 1.29 is 9.47 Å². The minimum Gasteiger partial charge on any atom is -0.456 e. The van der Waals surface area contributed by atoms with Gasteiger partial charge in [-0.2, -0.15) is 0 Å². The van der Waals surface area contributed by atoms with Crippen molar-refractivity contribution >= 4 is 85.1 Å². The number of anilines is 3. The average molecular weight is 1250 g/mol. The SMILES string of the molecule is CCC(C)c1ccc2c(c1)B1c3cc(-c4ccc(C(C)(C)C)cc4)ccc3N(c3ccc(-c4ccc(C(C)(C)C)cc4)cc3)c3c4c5c(c(c31)O2)-n1c2ccc(-c3ccc(C(C)(C)C)cc3)cc2c2cc(-c3ccc(C(C)(C)C)cc3)cc(c21)B5c1cc(C(C)CC)ccc1O4. The summed E-state index contributed by atoms with van der Waals surface area (Å²) in [5, 5.41) is 2.43. The molecule has 4 nitrogen and oxygen atoms in total. The lowest BCUT2D eigenvalue weighted by atomic mass is 9.31. The van der Waals surface area contributed by atoms with Gasteiger partial charge in [-0.1, -0.05) is 269 Å².